The summed E-state index contributed by atoms with van der Waals surface area (Å²) in [6.07, 6.45) is 8.79. The first-order valence-corrected chi connectivity index (χ1v) is 9.82. The van der Waals surface area contributed by atoms with Crippen LogP contribution in [0.15, 0.2) is 30.5 Å². The molecule has 1 aromatic carbocycles. The number of hydrogen-bond donors (Lipinski definition) is 1. The SMILES string of the molecule is C[C@@H](C(=O)c1c[nH]c2ccccc12)N1CCN(C2CCCCC2)CC1. The highest BCUT2D eigenvalue weighted by atomic mass is 16.1. The van der Waals surface area contributed by atoms with E-state index < -0.39 is 0 Å². The summed E-state index contributed by atoms with van der Waals surface area (Å²) in [5, 5.41) is 1.04. The van der Waals surface area contributed by atoms with E-state index in [1.807, 2.05) is 30.5 Å². The van der Waals surface area contributed by atoms with Crippen LogP contribution in [-0.2, 0) is 0 Å². The van der Waals surface area contributed by atoms with Gasteiger partial charge in [-0.3, -0.25) is 14.6 Å². The molecule has 134 valence electrons. The Balaban J connectivity index is 1.40. The number of hydrogen-bond acceptors (Lipinski definition) is 3. The zero-order valence-electron chi connectivity index (χ0n) is 15.2. The van der Waals surface area contributed by atoms with E-state index in [9.17, 15) is 4.79 Å². The van der Waals surface area contributed by atoms with Gasteiger partial charge in [-0.2, -0.15) is 0 Å². The molecule has 4 heteroatoms. The summed E-state index contributed by atoms with van der Waals surface area (Å²) in [5.41, 5.74) is 1.87. The smallest absolute Gasteiger partial charge is 0.181 e. The van der Waals surface area contributed by atoms with Gasteiger partial charge >= 0.3 is 0 Å². The van der Waals surface area contributed by atoms with Gasteiger partial charge in [-0.1, -0.05) is 37.5 Å². The highest BCUT2D eigenvalue weighted by molar-refractivity contribution is 6.10. The first-order chi connectivity index (χ1) is 12.2. The lowest BCUT2D eigenvalue weighted by Gasteiger charge is -2.42. The second-order valence-electron chi connectivity index (χ2n) is 7.65. The molecule has 1 aliphatic heterocycles. The van der Waals surface area contributed by atoms with Crippen LogP contribution in [0.2, 0.25) is 0 Å². The topological polar surface area (TPSA) is 39.3 Å². The molecule has 1 N–H and O–H groups in total. The molecule has 1 atom stereocenters. The Kier molecular flexibility index (Phi) is 4.91. The van der Waals surface area contributed by atoms with Crippen LogP contribution in [0.1, 0.15) is 49.4 Å². The molecule has 25 heavy (non-hydrogen) atoms. The maximum Gasteiger partial charge on any atom is 0.181 e. The van der Waals surface area contributed by atoms with Gasteiger partial charge in [0.25, 0.3) is 0 Å². The van der Waals surface area contributed by atoms with Crippen LogP contribution in [0.5, 0.6) is 0 Å². The summed E-state index contributed by atoms with van der Waals surface area (Å²) in [5.74, 6) is 0.239. The standard InChI is InChI=1S/C21H29N3O/c1-16(21(25)19-15-22-20-10-6-5-9-18(19)20)23-11-13-24(14-12-23)17-7-3-2-4-8-17/h5-6,9-10,15-17,22H,2-4,7-8,11-14H2,1H3/t16-/m0/s1. The largest absolute Gasteiger partial charge is 0.360 e. The number of H-pyrrole nitrogens is 1. The maximum absolute atomic E-state index is 13.0. The van der Waals surface area contributed by atoms with Crippen molar-refractivity contribution in [3.05, 3.63) is 36.0 Å². The van der Waals surface area contributed by atoms with Crippen molar-refractivity contribution in [2.75, 3.05) is 26.2 Å². The zero-order valence-corrected chi connectivity index (χ0v) is 15.2. The van der Waals surface area contributed by atoms with Crippen molar-refractivity contribution in [2.24, 2.45) is 0 Å². The fraction of sp³-hybridized carbons (Fsp3) is 0.571. The van der Waals surface area contributed by atoms with Gasteiger partial charge in [-0.05, 0) is 25.8 Å². The van der Waals surface area contributed by atoms with Gasteiger partial charge in [0.2, 0.25) is 0 Å². The van der Waals surface area contributed by atoms with E-state index >= 15 is 0 Å². The Bertz CT molecular complexity index is 724. The second kappa shape index (κ2) is 7.30. The van der Waals surface area contributed by atoms with Crippen LogP contribution in [0.25, 0.3) is 10.9 Å². The van der Waals surface area contributed by atoms with Crippen LogP contribution >= 0.6 is 0 Å². The van der Waals surface area contributed by atoms with Crippen molar-refractivity contribution in [1.29, 1.82) is 0 Å². The Morgan fingerprint density at radius 2 is 1.80 bits per heavy atom. The minimum absolute atomic E-state index is 0.0484. The minimum Gasteiger partial charge on any atom is -0.360 e. The lowest BCUT2D eigenvalue weighted by atomic mass is 9.93. The summed E-state index contributed by atoms with van der Waals surface area (Å²) >= 11 is 0. The monoisotopic (exact) mass is 339 g/mol. The fourth-order valence-electron chi connectivity index (χ4n) is 4.60. The number of fused-ring (bicyclic) bond motifs is 1. The maximum atomic E-state index is 13.0. The molecule has 2 aliphatic rings. The molecule has 4 rings (SSSR count). The van der Waals surface area contributed by atoms with Gasteiger partial charge in [-0.15, -0.1) is 0 Å². The van der Waals surface area contributed by atoms with E-state index in [4.69, 9.17) is 0 Å². The van der Waals surface area contributed by atoms with Gasteiger partial charge in [-0.25, -0.2) is 0 Å². The highest BCUT2D eigenvalue weighted by Gasteiger charge is 2.30. The summed E-state index contributed by atoms with van der Waals surface area (Å²) in [6, 6.07) is 8.80. The summed E-state index contributed by atoms with van der Waals surface area (Å²) < 4.78 is 0. The molecule has 0 radical (unpaired) electrons. The molecule has 1 saturated heterocycles. The zero-order chi connectivity index (χ0) is 17.2. The molecule has 0 spiro atoms. The third-order valence-corrected chi connectivity index (χ3v) is 6.22. The van der Waals surface area contributed by atoms with Crippen LogP contribution < -0.4 is 0 Å². The average Bonchev–Trinajstić information content (AvgIpc) is 3.12. The third kappa shape index (κ3) is 3.38. The summed E-state index contributed by atoms with van der Waals surface area (Å²) in [4.78, 5) is 21.3. The highest BCUT2D eigenvalue weighted by Crippen LogP contribution is 2.25. The van der Waals surface area contributed by atoms with Gasteiger partial charge in [0.15, 0.2) is 5.78 Å². The molecular weight excluding hydrogens is 310 g/mol. The van der Waals surface area contributed by atoms with Crippen molar-refractivity contribution >= 4 is 16.7 Å². The predicted molar refractivity (Wildman–Crippen MR) is 102 cm³/mol. The second-order valence-corrected chi connectivity index (χ2v) is 7.65. The van der Waals surface area contributed by atoms with E-state index in [-0.39, 0.29) is 11.8 Å². The number of para-hydroxylation sites is 1. The number of ketones is 1. The number of carbonyl (C=O) groups excluding carboxylic acids is 1. The molecule has 1 aromatic heterocycles. The van der Waals surface area contributed by atoms with Crippen molar-refractivity contribution < 1.29 is 4.79 Å². The number of Topliss-reactive ketones (excluding diaryl/α,β-unsaturated/α-hetero) is 1. The summed E-state index contributed by atoms with van der Waals surface area (Å²) in [7, 11) is 0. The molecular formula is C21H29N3O. The number of aromatic nitrogens is 1. The lowest BCUT2D eigenvalue weighted by molar-refractivity contribution is 0.0525. The first-order valence-electron chi connectivity index (χ1n) is 9.82. The molecule has 0 amide bonds. The molecule has 1 saturated carbocycles. The predicted octanol–water partition coefficient (Wildman–Crippen LogP) is 3.69. The molecule has 2 fully saturated rings. The van der Waals surface area contributed by atoms with Crippen molar-refractivity contribution in [1.82, 2.24) is 14.8 Å². The summed E-state index contributed by atoms with van der Waals surface area (Å²) in [6.45, 7) is 6.30. The quantitative estimate of drug-likeness (QED) is 0.864. The fourth-order valence-corrected chi connectivity index (χ4v) is 4.60. The van der Waals surface area contributed by atoms with Crippen LogP contribution in [0.4, 0.5) is 0 Å². The molecule has 0 unspecified atom stereocenters. The molecule has 4 nitrogen and oxygen atoms in total. The molecule has 0 bridgehead atoms. The van der Waals surface area contributed by atoms with E-state index in [0.29, 0.717) is 0 Å². The van der Waals surface area contributed by atoms with Gasteiger partial charge < -0.3 is 4.98 Å². The first kappa shape index (κ1) is 16.8. The van der Waals surface area contributed by atoms with Gasteiger partial charge in [0, 0.05) is 54.9 Å². The number of rotatable bonds is 4. The molecule has 2 heterocycles. The number of carbonyl (C=O) groups is 1. The van der Waals surface area contributed by atoms with Gasteiger partial charge in [0.1, 0.15) is 0 Å². The Labute approximate surface area is 150 Å². The Morgan fingerprint density at radius 1 is 1.08 bits per heavy atom. The van der Waals surface area contributed by atoms with E-state index in [2.05, 4.69) is 21.7 Å². The molecule has 1 aliphatic carbocycles. The van der Waals surface area contributed by atoms with E-state index in [0.717, 1.165) is 48.7 Å². The number of nitrogens with zero attached hydrogens (tertiary/aromatic N) is 2. The third-order valence-electron chi connectivity index (χ3n) is 6.22. The Morgan fingerprint density at radius 3 is 2.56 bits per heavy atom. The number of piperazine rings is 1. The van der Waals surface area contributed by atoms with Crippen molar-refractivity contribution in [3.8, 4) is 0 Å². The van der Waals surface area contributed by atoms with Crippen LogP contribution in [0.3, 0.4) is 0 Å². The van der Waals surface area contributed by atoms with Gasteiger partial charge in [0.05, 0.1) is 6.04 Å². The lowest BCUT2D eigenvalue weighted by Crippen LogP contribution is -2.54. The van der Waals surface area contributed by atoms with Crippen LogP contribution in [-0.4, -0.2) is 58.8 Å². The average molecular weight is 339 g/mol. The van der Waals surface area contributed by atoms with E-state index in [1.54, 1.807) is 0 Å². The van der Waals surface area contributed by atoms with Crippen molar-refractivity contribution in [3.63, 3.8) is 0 Å². The van der Waals surface area contributed by atoms with E-state index in [1.165, 1.54) is 32.1 Å². The minimum atomic E-state index is -0.0484. The number of aromatic amines is 1. The van der Waals surface area contributed by atoms with Crippen molar-refractivity contribution in [2.45, 2.75) is 51.1 Å². The Hall–Kier alpha value is -1.65. The molecule has 2 aromatic rings. The number of benzene rings is 1. The normalized spacial score (nSPS) is 22.3. The number of nitrogens with one attached hydrogen (secondary N) is 1. The van der Waals surface area contributed by atoms with Crippen LogP contribution in [0, 0.1) is 0 Å².